The summed E-state index contributed by atoms with van der Waals surface area (Å²) >= 11 is 1.42. The molecule has 1 fully saturated rings. The molecule has 1 amide bonds. The Labute approximate surface area is 181 Å². The molecular weight excluding hydrogens is 394 g/mol. The van der Waals surface area contributed by atoms with Gasteiger partial charge in [0.15, 0.2) is 0 Å². The van der Waals surface area contributed by atoms with Gasteiger partial charge in [0, 0.05) is 13.1 Å². The van der Waals surface area contributed by atoms with E-state index in [1.807, 2.05) is 47.4 Å². The Balaban J connectivity index is 1.62. The minimum atomic E-state index is -0.371. The second kappa shape index (κ2) is 9.43. The van der Waals surface area contributed by atoms with E-state index in [9.17, 15) is 4.79 Å². The maximum Gasteiger partial charge on any atom is 0.240 e. The molecule has 1 aliphatic rings. The van der Waals surface area contributed by atoms with E-state index in [0.29, 0.717) is 11.1 Å². The average Bonchev–Trinajstić information content (AvgIpc) is 3.26. The van der Waals surface area contributed by atoms with Crippen LogP contribution in [0.25, 0.3) is 5.69 Å². The highest BCUT2D eigenvalue weighted by atomic mass is 32.2. The first-order valence-corrected chi connectivity index (χ1v) is 11.4. The number of amides is 1. The van der Waals surface area contributed by atoms with Gasteiger partial charge in [0.25, 0.3) is 0 Å². The molecule has 6 nitrogen and oxygen atoms in total. The number of aromatic nitrogens is 4. The summed E-state index contributed by atoms with van der Waals surface area (Å²) in [6, 6.07) is 18.2. The number of carbonyl (C=O) groups is 1. The van der Waals surface area contributed by atoms with Gasteiger partial charge in [-0.1, -0.05) is 68.1 Å². The Morgan fingerprint density at radius 1 is 0.933 bits per heavy atom. The minimum absolute atomic E-state index is 0.135. The number of carbonyl (C=O) groups excluding carboxylic acids is 1. The van der Waals surface area contributed by atoms with Crippen LogP contribution in [0.4, 0.5) is 0 Å². The largest absolute Gasteiger partial charge is 0.341 e. The molecule has 30 heavy (non-hydrogen) atoms. The third kappa shape index (κ3) is 4.56. The molecule has 1 saturated heterocycles. The Morgan fingerprint density at radius 2 is 1.63 bits per heavy atom. The molecule has 1 aliphatic heterocycles. The third-order valence-corrected chi connectivity index (χ3v) is 6.64. The fraction of sp³-hybridized carbons (Fsp3) is 0.391. The summed E-state index contributed by atoms with van der Waals surface area (Å²) < 4.78 is 1.72. The highest BCUT2D eigenvalue weighted by Gasteiger charge is 2.30. The molecule has 0 aliphatic carbocycles. The molecule has 4 rings (SSSR count). The predicted molar refractivity (Wildman–Crippen MR) is 119 cm³/mol. The SMILES string of the molecule is CC(C)c1ccc(-n2nnnc2S[C@@H](C(=O)N2CCCCC2)c2ccccc2)cc1. The van der Waals surface area contributed by atoms with Gasteiger partial charge >= 0.3 is 0 Å². The third-order valence-electron chi connectivity index (χ3n) is 5.46. The van der Waals surface area contributed by atoms with Gasteiger partial charge in [0.05, 0.1) is 5.69 Å². The summed E-state index contributed by atoms with van der Waals surface area (Å²) in [5.41, 5.74) is 3.13. The van der Waals surface area contributed by atoms with Crippen LogP contribution in [0.1, 0.15) is 55.4 Å². The zero-order chi connectivity index (χ0) is 20.9. The number of tetrazole rings is 1. The first-order chi connectivity index (χ1) is 14.6. The van der Waals surface area contributed by atoms with Crippen molar-refractivity contribution in [2.45, 2.75) is 49.4 Å². The molecule has 2 heterocycles. The van der Waals surface area contributed by atoms with Crippen molar-refractivity contribution in [2.75, 3.05) is 13.1 Å². The summed E-state index contributed by atoms with van der Waals surface area (Å²) in [5.74, 6) is 0.599. The fourth-order valence-corrected chi connectivity index (χ4v) is 4.77. The van der Waals surface area contributed by atoms with E-state index in [-0.39, 0.29) is 11.2 Å². The quantitative estimate of drug-likeness (QED) is 0.543. The van der Waals surface area contributed by atoms with Gasteiger partial charge < -0.3 is 4.90 Å². The van der Waals surface area contributed by atoms with E-state index >= 15 is 0 Å². The van der Waals surface area contributed by atoms with Crippen LogP contribution in [-0.2, 0) is 4.79 Å². The van der Waals surface area contributed by atoms with E-state index in [1.54, 1.807) is 4.68 Å². The Morgan fingerprint density at radius 3 is 2.30 bits per heavy atom. The number of hydrogen-bond acceptors (Lipinski definition) is 5. The van der Waals surface area contributed by atoms with Crippen LogP contribution in [0.15, 0.2) is 59.8 Å². The van der Waals surface area contributed by atoms with Gasteiger partial charge in [0.1, 0.15) is 5.25 Å². The van der Waals surface area contributed by atoms with Gasteiger partial charge in [0.2, 0.25) is 11.1 Å². The van der Waals surface area contributed by atoms with Gasteiger partial charge in [-0.2, -0.15) is 4.68 Å². The van der Waals surface area contributed by atoms with Crippen LogP contribution in [0, 0.1) is 0 Å². The van der Waals surface area contributed by atoms with Crippen LogP contribution in [0.5, 0.6) is 0 Å². The Kier molecular flexibility index (Phi) is 6.47. The second-order valence-corrected chi connectivity index (χ2v) is 8.99. The normalized spacial score (nSPS) is 15.4. The lowest BCUT2D eigenvalue weighted by atomic mass is 10.0. The minimum Gasteiger partial charge on any atom is -0.341 e. The van der Waals surface area contributed by atoms with E-state index in [1.165, 1.54) is 23.7 Å². The molecule has 0 spiro atoms. The second-order valence-electron chi connectivity index (χ2n) is 7.91. The lowest BCUT2D eigenvalue weighted by Gasteiger charge is -2.30. The molecular formula is C23H27N5OS. The van der Waals surface area contributed by atoms with E-state index < -0.39 is 0 Å². The topological polar surface area (TPSA) is 63.9 Å². The average molecular weight is 422 g/mol. The smallest absolute Gasteiger partial charge is 0.240 e. The highest BCUT2D eigenvalue weighted by molar-refractivity contribution is 8.00. The van der Waals surface area contributed by atoms with Crippen molar-refractivity contribution in [1.82, 2.24) is 25.1 Å². The number of rotatable bonds is 6. The molecule has 1 atom stereocenters. The van der Waals surface area contributed by atoms with E-state index in [2.05, 4.69) is 41.5 Å². The number of benzene rings is 2. The molecule has 156 valence electrons. The highest BCUT2D eigenvalue weighted by Crippen LogP contribution is 2.37. The number of nitrogens with zero attached hydrogens (tertiary/aromatic N) is 5. The molecule has 3 aromatic rings. The van der Waals surface area contributed by atoms with Crippen LogP contribution in [0.2, 0.25) is 0 Å². The van der Waals surface area contributed by atoms with Crippen molar-refractivity contribution in [3.8, 4) is 5.69 Å². The van der Waals surface area contributed by atoms with Gasteiger partial charge in [-0.05, 0) is 58.9 Å². The zero-order valence-electron chi connectivity index (χ0n) is 17.4. The molecule has 0 unspecified atom stereocenters. The van der Waals surface area contributed by atoms with Crippen molar-refractivity contribution in [1.29, 1.82) is 0 Å². The Hall–Kier alpha value is -2.67. The molecule has 0 saturated carbocycles. The van der Waals surface area contributed by atoms with Crippen LogP contribution >= 0.6 is 11.8 Å². The lowest BCUT2D eigenvalue weighted by molar-refractivity contribution is -0.131. The van der Waals surface area contributed by atoms with Crippen molar-refractivity contribution < 1.29 is 4.79 Å². The molecule has 2 aromatic carbocycles. The summed E-state index contributed by atoms with van der Waals surface area (Å²) in [6.07, 6.45) is 3.33. The van der Waals surface area contributed by atoms with Gasteiger partial charge in [-0.25, -0.2) is 0 Å². The van der Waals surface area contributed by atoms with E-state index in [4.69, 9.17) is 0 Å². The number of hydrogen-bond donors (Lipinski definition) is 0. The maximum absolute atomic E-state index is 13.4. The van der Waals surface area contributed by atoms with Crippen molar-refractivity contribution in [2.24, 2.45) is 0 Å². The molecule has 0 radical (unpaired) electrons. The van der Waals surface area contributed by atoms with Crippen molar-refractivity contribution >= 4 is 17.7 Å². The number of likely N-dealkylation sites (tertiary alicyclic amines) is 1. The molecule has 7 heteroatoms. The van der Waals surface area contributed by atoms with Crippen LogP contribution in [0.3, 0.4) is 0 Å². The first kappa shape index (κ1) is 20.6. The summed E-state index contributed by atoms with van der Waals surface area (Å²) in [7, 11) is 0. The van der Waals surface area contributed by atoms with Crippen LogP contribution in [-0.4, -0.2) is 44.1 Å². The van der Waals surface area contributed by atoms with Crippen molar-refractivity contribution in [3.63, 3.8) is 0 Å². The summed E-state index contributed by atoms with van der Waals surface area (Å²) in [6.45, 7) is 5.99. The van der Waals surface area contributed by atoms with Gasteiger partial charge in [-0.15, -0.1) is 5.10 Å². The fourth-order valence-electron chi connectivity index (χ4n) is 3.69. The van der Waals surface area contributed by atoms with E-state index in [0.717, 1.165) is 37.2 Å². The summed E-state index contributed by atoms with van der Waals surface area (Å²) in [5, 5.41) is 12.6. The number of thioether (sulfide) groups is 1. The molecule has 1 aromatic heterocycles. The van der Waals surface area contributed by atoms with Crippen LogP contribution < -0.4 is 0 Å². The summed E-state index contributed by atoms with van der Waals surface area (Å²) in [4.78, 5) is 15.4. The lowest BCUT2D eigenvalue weighted by Crippen LogP contribution is -2.38. The first-order valence-electron chi connectivity index (χ1n) is 10.5. The standard InChI is InChI=1S/C23H27N5OS/c1-17(2)18-11-13-20(14-12-18)28-23(24-25-26-28)30-21(19-9-5-3-6-10-19)22(29)27-15-7-4-8-16-27/h3,5-6,9-14,17,21H,4,7-8,15-16H2,1-2H3/t21-/m1/s1. The van der Waals surface area contributed by atoms with Crippen molar-refractivity contribution in [3.05, 3.63) is 65.7 Å². The molecule has 0 bridgehead atoms. The zero-order valence-corrected chi connectivity index (χ0v) is 18.3. The number of piperidine rings is 1. The molecule has 0 N–H and O–H groups in total. The maximum atomic E-state index is 13.4. The van der Waals surface area contributed by atoms with Gasteiger partial charge in [-0.3, -0.25) is 4.79 Å². The predicted octanol–water partition coefficient (Wildman–Crippen LogP) is 4.63. The monoisotopic (exact) mass is 421 g/mol. The Bertz CT molecular complexity index is 965.